The molecule has 0 saturated heterocycles. The van der Waals surface area contributed by atoms with E-state index in [1.54, 1.807) is 7.11 Å². The standard InChI is InChI=1S/C16H19NO3S/c1-12(17-21(3,18)19)13-8-10-14(11-9-13)15-6-4-5-7-16(15)20-2/h4-12,17H,1-3H3. The van der Waals surface area contributed by atoms with Gasteiger partial charge in [-0.05, 0) is 24.1 Å². The van der Waals surface area contributed by atoms with Gasteiger partial charge in [-0.15, -0.1) is 0 Å². The summed E-state index contributed by atoms with van der Waals surface area (Å²) in [4.78, 5) is 0. The van der Waals surface area contributed by atoms with Crippen molar-refractivity contribution in [3.8, 4) is 16.9 Å². The molecule has 0 saturated carbocycles. The van der Waals surface area contributed by atoms with Crippen LogP contribution in [0.15, 0.2) is 48.5 Å². The van der Waals surface area contributed by atoms with Crippen molar-refractivity contribution < 1.29 is 13.2 Å². The van der Waals surface area contributed by atoms with Gasteiger partial charge in [-0.3, -0.25) is 0 Å². The molecule has 0 aliphatic rings. The highest BCUT2D eigenvalue weighted by Crippen LogP contribution is 2.30. The zero-order valence-electron chi connectivity index (χ0n) is 12.3. The van der Waals surface area contributed by atoms with Gasteiger partial charge in [0, 0.05) is 11.6 Å². The minimum absolute atomic E-state index is 0.258. The minimum atomic E-state index is -3.21. The number of rotatable bonds is 5. The topological polar surface area (TPSA) is 55.4 Å². The zero-order chi connectivity index (χ0) is 15.5. The molecule has 0 bridgehead atoms. The second-order valence-corrected chi connectivity index (χ2v) is 6.71. The summed E-state index contributed by atoms with van der Waals surface area (Å²) in [5, 5.41) is 0. The van der Waals surface area contributed by atoms with Crippen LogP contribution in [-0.2, 0) is 10.0 Å². The molecule has 0 aliphatic carbocycles. The van der Waals surface area contributed by atoms with E-state index in [1.807, 2.05) is 55.5 Å². The number of benzene rings is 2. The van der Waals surface area contributed by atoms with Gasteiger partial charge in [-0.2, -0.15) is 0 Å². The molecule has 1 N–H and O–H groups in total. The molecule has 0 radical (unpaired) electrons. The molecule has 0 aliphatic heterocycles. The first-order valence-electron chi connectivity index (χ1n) is 6.61. The van der Waals surface area contributed by atoms with Gasteiger partial charge in [0.1, 0.15) is 5.75 Å². The van der Waals surface area contributed by atoms with Crippen molar-refractivity contribution in [2.45, 2.75) is 13.0 Å². The monoisotopic (exact) mass is 305 g/mol. The van der Waals surface area contributed by atoms with Crippen molar-refractivity contribution in [1.29, 1.82) is 0 Å². The predicted molar refractivity (Wildman–Crippen MR) is 84.8 cm³/mol. The maximum absolute atomic E-state index is 11.3. The van der Waals surface area contributed by atoms with Crippen molar-refractivity contribution in [2.24, 2.45) is 0 Å². The Morgan fingerprint density at radius 3 is 2.24 bits per heavy atom. The molecule has 112 valence electrons. The molecule has 0 spiro atoms. The smallest absolute Gasteiger partial charge is 0.209 e. The molecular formula is C16H19NO3S. The molecule has 2 aromatic carbocycles. The fourth-order valence-electron chi connectivity index (χ4n) is 2.22. The normalized spacial score (nSPS) is 12.9. The van der Waals surface area contributed by atoms with E-state index in [4.69, 9.17) is 4.74 Å². The quantitative estimate of drug-likeness (QED) is 0.924. The van der Waals surface area contributed by atoms with E-state index in [0.717, 1.165) is 28.7 Å². The van der Waals surface area contributed by atoms with E-state index in [2.05, 4.69) is 4.72 Å². The summed E-state index contributed by atoms with van der Waals surface area (Å²) in [7, 11) is -1.57. The fourth-order valence-corrected chi connectivity index (χ4v) is 3.00. The molecule has 0 heterocycles. The maximum atomic E-state index is 11.3. The third-order valence-electron chi connectivity index (χ3n) is 3.22. The van der Waals surface area contributed by atoms with Crippen LogP contribution < -0.4 is 9.46 Å². The molecule has 4 nitrogen and oxygen atoms in total. The lowest BCUT2D eigenvalue weighted by Gasteiger charge is -2.14. The van der Waals surface area contributed by atoms with E-state index in [9.17, 15) is 8.42 Å². The Balaban J connectivity index is 2.27. The van der Waals surface area contributed by atoms with Crippen LogP contribution >= 0.6 is 0 Å². The molecule has 5 heteroatoms. The number of hydrogen-bond donors (Lipinski definition) is 1. The third kappa shape index (κ3) is 4.06. The van der Waals surface area contributed by atoms with E-state index in [1.165, 1.54) is 0 Å². The second kappa shape index (κ2) is 6.28. The number of nitrogens with one attached hydrogen (secondary N) is 1. The molecule has 2 rings (SSSR count). The SMILES string of the molecule is COc1ccccc1-c1ccc(C(C)NS(C)(=O)=O)cc1. The molecule has 2 aromatic rings. The van der Waals surface area contributed by atoms with Gasteiger partial charge in [0.25, 0.3) is 0 Å². The van der Waals surface area contributed by atoms with Crippen molar-refractivity contribution in [1.82, 2.24) is 4.72 Å². The zero-order valence-corrected chi connectivity index (χ0v) is 13.1. The van der Waals surface area contributed by atoms with Crippen LogP contribution in [-0.4, -0.2) is 21.8 Å². The number of para-hydroxylation sites is 1. The van der Waals surface area contributed by atoms with Crippen LogP contribution in [0.4, 0.5) is 0 Å². The third-order valence-corrected chi connectivity index (χ3v) is 4.00. The fraction of sp³-hybridized carbons (Fsp3) is 0.250. The van der Waals surface area contributed by atoms with Crippen LogP contribution in [0.3, 0.4) is 0 Å². The van der Waals surface area contributed by atoms with Crippen LogP contribution in [0.25, 0.3) is 11.1 Å². The van der Waals surface area contributed by atoms with Crippen molar-refractivity contribution in [3.05, 3.63) is 54.1 Å². The maximum Gasteiger partial charge on any atom is 0.209 e. The van der Waals surface area contributed by atoms with Crippen LogP contribution in [0.2, 0.25) is 0 Å². The highest BCUT2D eigenvalue weighted by molar-refractivity contribution is 7.88. The van der Waals surface area contributed by atoms with E-state index < -0.39 is 10.0 Å². The molecular weight excluding hydrogens is 286 g/mol. The number of methoxy groups -OCH3 is 1. The first-order chi connectivity index (χ1) is 9.90. The summed E-state index contributed by atoms with van der Waals surface area (Å²) >= 11 is 0. The summed E-state index contributed by atoms with van der Waals surface area (Å²) in [5.41, 5.74) is 2.96. The second-order valence-electron chi connectivity index (χ2n) is 4.93. The molecule has 0 amide bonds. The lowest BCUT2D eigenvalue weighted by atomic mass is 10.0. The van der Waals surface area contributed by atoms with Gasteiger partial charge < -0.3 is 4.74 Å². The van der Waals surface area contributed by atoms with Crippen molar-refractivity contribution in [2.75, 3.05) is 13.4 Å². The van der Waals surface area contributed by atoms with Gasteiger partial charge in [0.2, 0.25) is 10.0 Å². The molecule has 1 atom stereocenters. The minimum Gasteiger partial charge on any atom is -0.496 e. The molecule has 1 unspecified atom stereocenters. The van der Waals surface area contributed by atoms with E-state index >= 15 is 0 Å². The molecule has 0 aromatic heterocycles. The first kappa shape index (κ1) is 15.5. The van der Waals surface area contributed by atoms with Gasteiger partial charge in [0.15, 0.2) is 0 Å². The Bertz CT molecular complexity index is 709. The van der Waals surface area contributed by atoms with Gasteiger partial charge in [-0.1, -0.05) is 42.5 Å². The van der Waals surface area contributed by atoms with E-state index in [-0.39, 0.29) is 6.04 Å². The summed E-state index contributed by atoms with van der Waals surface area (Å²) in [6, 6.07) is 15.3. The summed E-state index contributed by atoms with van der Waals surface area (Å²) in [6.45, 7) is 1.82. The Morgan fingerprint density at radius 2 is 1.67 bits per heavy atom. The van der Waals surface area contributed by atoms with Gasteiger partial charge in [0.05, 0.1) is 13.4 Å². The average Bonchev–Trinajstić information content (AvgIpc) is 2.45. The van der Waals surface area contributed by atoms with Gasteiger partial charge >= 0.3 is 0 Å². The van der Waals surface area contributed by atoms with Gasteiger partial charge in [-0.25, -0.2) is 13.1 Å². The Kier molecular flexibility index (Phi) is 4.65. The molecule has 0 fully saturated rings. The summed E-state index contributed by atoms with van der Waals surface area (Å²) in [5.74, 6) is 0.813. The largest absolute Gasteiger partial charge is 0.496 e. The first-order valence-corrected chi connectivity index (χ1v) is 8.50. The summed E-state index contributed by atoms with van der Waals surface area (Å²) in [6.07, 6.45) is 1.16. The Morgan fingerprint density at radius 1 is 1.05 bits per heavy atom. The number of hydrogen-bond acceptors (Lipinski definition) is 3. The lowest BCUT2D eigenvalue weighted by Crippen LogP contribution is -2.25. The highest BCUT2D eigenvalue weighted by atomic mass is 32.2. The van der Waals surface area contributed by atoms with Crippen LogP contribution in [0.1, 0.15) is 18.5 Å². The number of sulfonamides is 1. The highest BCUT2D eigenvalue weighted by Gasteiger charge is 2.11. The predicted octanol–water partition coefficient (Wildman–Crippen LogP) is 2.97. The van der Waals surface area contributed by atoms with Crippen LogP contribution in [0, 0.1) is 0 Å². The Labute approximate surface area is 125 Å². The lowest BCUT2D eigenvalue weighted by molar-refractivity contribution is 0.416. The van der Waals surface area contributed by atoms with Crippen molar-refractivity contribution >= 4 is 10.0 Å². The summed E-state index contributed by atoms with van der Waals surface area (Å²) < 4.78 is 30.4. The Hall–Kier alpha value is -1.85. The molecule has 21 heavy (non-hydrogen) atoms. The van der Waals surface area contributed by atoms with Crippen LogP contribution in [0.5, 0.6) is 5.75 Å². The average molecular weight is 305 g/mol. The van der Waals surface area contributed by atoms with E-state index in [0.29, 0.717) is 0 Å². The van der Waals surface area contributed by atoms with Crippen molar-refractivity contribution in [3.63, 3.8) is 0 Å². The number of ether oxygens (including phenoxy) is 1.